The Labute approximate surface area is 251 Å². The Morgan fingerprint density at radius 2 is 1.12 bits per heavy atom. The number of nitrogens with two attached hydrogens (primary N) is 1. The molecule has 2 aromatic heterocycles. The monoisotopic (exact) mass is 673 g/mol. The third kappa shape index (κ3) is 10.7. The average molecular weight is 674 g/mol. The van der Waals surface area contributed by atoms with Gasteiger partial charge in [-0.1, -0.05) is 23.2 Å². The topological polar surface area (TPSA) is 130 Å². The standard InChI is InChI=1S/C12H10ClFN2O3S.C11H9ClFN3O.2CH2F2/c1-7-5-8(3-4-9(7)13)16-11(17)6-10(14)15-12(16)20(2,18)19;1-6-4-7(2-3-8(6)12)16-10(17)5-9(13)15-11(16)14;2*2-1-3/h3-6H,1-2H3;2-5H,1H3,(H2,14,15);2*1H2. The lowest BCUT2D eigenvalue weighted by Gasteiger charge is -2.11. The molecule has 2 heterocycles. The van der Waals surface area contributed by atoms with Crippen molar-refractivity contribution in [3.05, 3.63) is 102 Å². The Balaban J connectivity index is 0.000000367. The molecule has 2 N–H and O–H groups in total. The molecule has 0 amide bonds. The minimum atomic E-state index is -3.87. The fraction of sp³-hybridized carbons (Fsp3) is 0.200. The van der Waals surface area contributed by atoms with Gasteiger partial charge in [-0.3, -0.25) is 14.2 Å². The lowest BCUT2D eigenvalue weighted by Crippen LogP contribution is -2.26. The zero-order chi connectivity index (χ0) is 33.1. The first-order valence-electron chi connectivity index (χ1n) is 11.3. The van der Waals surface area contributed by atoms with E-state index in [2.05, 4.69) is 9.97 Å². The van der Waals surface area contributed by atoms with Crippen molar-refractivity contribution in [1.82, 2.24) is 19.1 Å². The number of nitrogen functional groups attached to an aromatic ring is 1. The first-order chi connectivity index (χ1) is 20.0. The second-order valence-electron chi connectivity index (χ2n) is 7.99. The molecule has 0 spiro atoms. The molecule has 0 radical (unpaired) electrons. The largest absolute Gasteiger partial charge is 0.369 e. The number of hydrogen-bond donors (Lipinski definition) is 1. The average Bonchev–Trinajstić information content (AvgIpc) is 2.88. The molecule has 4 rings (SSSR count). The van der Waals surface area contributed by atoms with Crippen LogP contribution in [0.4, 0.5) is 32.3 Å². The summed E-state index contributed by atoms with van der Waals surface area (Å²) in [5.41, 5.74) is 6.33. The number of rotatable bonds is 3. The quantitative estimate of drug-likeness (QED) is 0.175. The smallest absolute Gasteiger partial charge is 0.262 e. The normalized spacial score (nSPS) is 10.4. The van der Waals surface area contributed by atoms with Crippen LogP contribution in [0.1, 0.15) is 11.1 Å². The van der Waals surface area contributed by atoms with Crippen LogP contribution in [-0.2, 0) is 9.84 Å². The number of nitrogens with zero attached hydrogens (tertiary/aromatic N) is 4. The van der Waals surface area contributed by atoms with Crippen LogP contribution < -0.4 is 16.9 Å². The molecule has 0 aliphatic heterocycles. The third-order valence-electron chi connectivity index (χ3n) is 4.90. The van der Waals surface area contributed by atoms with Gasteiger partial charge < -0.3 is 5.73 Å². The number of benzene rings is 2. The second-order valence-corrected chi connectivity index (χ2v) is 10.7. The summed E-state index contributed by atoms with van der Waals surface area (Å²) in [5, 5.41) is 0.400. The minimum absolute atomic E-state index is 0.197. The summed E-state index contributed by atoms with van der Waals surface area (Å²) in [6, 6.07) is 10.9. The molecule has 0 fully saturated rings. The minimum Gasteiger partial charge on any atom is -0.369 e. The van der Waals surface area contributed by atoms with Gasteiger partial charge in [-0.05, 0) is 61.4 Å². The molecular weight excluding hydrogens is 651 g/mol. The fourth-order valence-corrected chi connectivity index (χ4v) is 4.20. The van der Waals surface area contributed by atoms with E-state index in [-0.39, 0.29) is 11.6 Å². The first-order valence-corrected chi connectivity index (χ1v) is 14.0. The highest BCUT2D eigenvalue weighted by molar-refractivity contribution is 7.90. The van der Waals surface area contributed by atoms with Gasteiger partial charge in [-0.25, -0.2) is 30.5 Å². The summed E-state index contributed by atoms with van der Waals surface area (Å²) in [4.78, 5) is 30.2. The summed E-state index contributed by atoms with van der Waals surface area (Å²) >= 11 is 11.8. The number of halogens is 8. The zero-order valence-electron chi connectivity index (χ0n) is 22.5. The van der Waals surface area contributed by atoms with Crippen LogP contribution in [0.2, 0.25) is 10.0 Å². The van der Waals surface area contributed by atoms with Crippen molar-refractivity contribution in [2.75, 3.05) is 25.8 Å². The van der Waals surface area contributed by atoms with E-state index in [1.807, 2.05) is 0 Å². The van der Waals surface area contributed by atoms with Crippen molar-refractivity contribution < 1.29 is 34.8 Å². The molecule has 9 nitrogen and oxygen atoms in total. The van der Waals surface area contributed by atoms with E-state index in [1.165, 1.54) is 18.2 Å². The van der Waals surface area contributed by atoms with Crippen molar-refractivity contribution in [2.24, 2.45) is 0 Å². The maximum atomic E-state index is 13.2. The van der Waals surface area contributed by atoms with Crippen molar-refractivity contribution in [2.45, 2.75) is 19.0 Å². The van der Waals surface area contributed by atoms with Crippen LogP contribution in [0.3, 0.4) is 0 Å². The molecule has 18 heteroatoms. The van der Waals surface area contributed by atoms with Crippen molar-refractivity contribution in [3.63, 3.8) is 0 Å². The Bertz CT molecular complexity index is 1790. The second kappa shape index (κ2) is 16.7. The number of sulfone groups is 1. The first kappa shape index (κ1) is 37.1. The predicted octanol–water partition coefficient (Wildman–Crippen LogP) is 5.42. The van der Waals surface area contributed by atoms with Gasteiger partial charge in [0.15, 0.2) is 0 Å². The number of alkyl halides is 4. The molecule has 0 saturated heterocycles. The Morgan fingerprint density at radius 3 is 1.49 bits per heavy atom. The van der Waals surface area contributed by atoms with E-state index in [4.69, 9.17) is 28.9 Å². The molecular formula is C25H23Cl2F6N5O4S. The van der Waals surface area contributed by atoms with Crippen molar-refractivity contribution >= 4 is 39.0 Å². The summed E-state index contributed by atoms with van der Waals surface area (Å²) in [6.45, 7) is -0.00203. The summed E-state index contributed by atoms with van der Waals surface area (Å²) in [6.07, 6.45) is 0.855. The fourth-order valence-electron chi connectivity index (χ4n) is 3.19. The highest BCUT2D eigenvalue weighted by atomic mass is 35.5. The highest BCUT2D eigenvalue weighted by Crippen LogP contribution is 2.21. The number of hydrogen-bond acceptors (Lipinski definition) is 7. The van der Waals surface area contributed by atoms with Gasteiger partial charge in [-0.15, -0.1) is 0 Å². The van der Waals surface area contributed by atoms with Gasteiger partial charge in [0.25, 0.3) is 11.1 Å². The number of aromatic nitrogens is 4. The Kier molecular flexibility index (Phi) is 14.4. The molecule has 0 unspecified atom stereocenters. The summed E-state index contributed by atoms with van der Waals surface area (Å²) in [5.74, 6) is -2.23. The molecule has 0 saturated carbocycles. The van der Waals surface area contributed by atoms with E-state index in [9.17, 15) is 44.3 Å². The maximum absolute atomic E-state index is 13.2. The maximum Gasteiger partial charge on any atom is 0.262 e. The Morgan fingerprint density at radius 1 is 0.744 bits per heavy atom. The third-order valence-corrected chi connectivity index (χ3v) is 6.69. The van der Waals surface area contributed by atoms with Gasteiger partial charge in [0.2, 0.25) is 46.7 Å². The predicted molar refractivity (Wildman–Crippen MR) is 151 cm³/mol. The highest BCUT2D eigenvalue weighted by Gasteiger charge is 2.20. The van der Waals surface area contributed by atoms with Crippen LogP contribution in [0.25, 0.3) is 11.4 Å². The summed E-state index contributed by atoms with van der Waals surface area (Å²) in [7, 11) is -3.87. The van der Waals surface area contributed by atoms with Gasteiger partial charge in [0.05, 0.1) is 23.5 Å². The van der Waals surface area contributed by atoms with Crippen LogP contribution in [0.5, 0.6) is 0 Å². The van der Waals surface area contributed by atoms with Crippen LogP contribution in [0.15, 0.2) is 63.3 Å². The molecule has 4 aromatic rings. The van der Waals surface area contributed by atoms with E-state index >= 15 is 0 Å². The zero-order valence-corrected chi connectivity index (χ0v) is 24.8. The molecule has 234 valence electrons. The van der Waals surface area contributed by atoms with Crippen LogP contribution >= 0.6 is 23.2 Å². The van der Waals surface area contributed by atoms with Gasteiger partial charge in [-0.2, -0.15) is 18.7 Å². The van der Waals surface area contributed by atoms with Gasteiger partial charge in [0, 0.05) is 16.3 Å². The van der Waals surface area contributed by atoms with Crippen molar-refractivity contribution in [3.8, 4) is 11.4 Å². The summed E-state index contributed by atoms with van der Waals surface area (Å²) < 4.78 is 89.8. The van der Waals surface area contributed by atoms with E-state index < -0.39 is 51.9 Å². The van der Waals surface area contributed by atoms with Crippen molar-refractivity contribution in [1.29, 1.82) is 0 Å². The van der Waals surface area contributed by atoms with E-state index in [0.29, 0.717) is 27.4 Å². The molecule has 0 aliphatic carbocycles. The Hall–Kier alpha value is -3.89. The van der Waals surface area contributed by atoms with Gasteiger partial charge >= 0.3 is 0 Å². The molecule has 0 bridgehead atoms. The SMILES string of the molecule is Cc1cc(-n2c(N)nc(F)cc2=O)ccc1Cl.Cc1cc(-n2c(S(C)(=O)=O)nc(F)cc2=O)ccc1Cl.FCF.FCF. The van der Waals surface area contributed by atoms with E-state index in [1.54, 1.807) is 32.0 Å². The van der Waals surface area contributed by atoms with Crippen LogP contribution in [0, 0.1) is 25.7 Å². The molecule has 2 aromatic carbocycles. The van der Waals surface area contributed by atoms with Gasteiger partial charge in [0.1, 0.15) is 0 Å². The number of anilines is 1. The number of aryl methyl sites for hydroxylation is 2. The van der Waals surface area contributed by atoms with Crippen LogP contribution in [-0.4, -0.2) is 47.6 Å². The molecule has 0 aliphatic rings. The molecule has 43 heavy (non-hydrogen) atoms. The lowest BCUT2D eigenvalue weighted by atomic mass is 10.2. The molecule has 0 atom stereocenters. The lowest BCUT2D eigenvalue weighted by molar-refractivity contribution is 0.295. The van der Waals surface area contributed by atoms with E-state index in [0.717, 1.165) is 27.0 Å².